The molecule has 0 fully saturated rings. The van der Waals surface area contributed by atoms with Gasteiger partial charge < -0.3 is 4.74 Å². The molecule has 4 nitrogen and oxygen atoms in total. The van der Waals surface area contributed by atoms with Gasteiger partial charge in [0.15, 0.2) is 5.78 Å². The number of para-hydroxylation sites is 1. The largest absolute Gasteiger partial charge is 0.457 e. The van der Waals surface area contributed by atoms with E-state index in [9.17, 15) is 4.79 Å². The van der Waals surface area contributed by atoms with Crippen LogP contribution in [-0.4, -0.2) is 15.6 Å². The molecule has 4 heteroatoms. The lowest BCUT2D eigenvalue weighted by Crippen LogP contribution is -2.16. The Hall–Kier alpha value is -3.14. The molecule has 0 spiro atoms. The molecule has 28 heavy (non-hydrogen) atoms. The van der Waals surface area contributed by atoms with Crippen LogP contribution in [0.1, 0.15) is 35.1 Å². The Labute approximate surface area is 164 Å². The van der Waals surface area contributed by atoms with Crippen molar-refractivity contribution < 1.29 is 9.53 Å². The van der Waals surface area contributed by atoms with Crippen LogP contribution in [0.5, 0.6) is 5.75 Å². The van der Waals surface area contributed by atoms with Gasteiger partial charge in [0.25, 0.3) is 0 Å². The number of rotatable bonds is 4. The maximum Gasteiger partial charge on any atom is 0.158 e. The fraction of sp³-hybridized carbons (Fsp3) is 0.250. The highest BCUT2D eigenvalue weighted by molar-refractivity contribution is 5.86. The summed E-state index contributed by atoms with van der Waals surface area (Å²) in [4.78, 5) is 12.8. The van der Waals surface area contributed by atoms with Crippen molar-refractivity contribution in [2.75, 3.05) is 0 Å². The number of aromatic nitrogens is 2. The van der Waals surface area contributed by atoms with Crippen molar-refractivity contribution >= 4 is 11.5 Å². The second-order valence-electron chi connectivity index (χ2n) is 7.61. The molecule has 2 aliphatic rings. The highest BCUT2D eigenvalue weighted by Gasteiger charge is 2.25. The first-order valence-electron chi connectivity index (χ1n) is 9.84. The molecular weight excluding hydrogens is 348 g/mol. The van der Waals surface area contributed by atoms with E-state index in [0.29, 0.717) is 12.2 Å². The third kappa shape index (κ3) is 2.95. The van der Waals surface area contributed by atoms with E-state index in [1.807, 2.05) is 24.3 Å². The molecule has 0 unspecified atom stereocenters. The first-order valence-corrected chi connectivity index (χ1v) is 9.84. The lowest BCUT2D eigenvalue weighted by atomic mass is 9.89. The van der Waals surface area contributed by atoms with E-state index in [1.165, 1.54) is 24.0 Å². The Bertz CT molecular complexity index is 1090. The van der Waals surface area contributed by atoms with Crippen molar-refractivity contribution in [2.24, 2.45) is 0 Å². The van der Waals surface area contributed by atoms with Gasteiger partial charge in [0, 0.05) is 12.0 Å². The monoisotopic (exact) mass is 370 g/mol. The second-order valence-corrected chi connectivity index (χ2v) is 7.61. The quantitative estimate of drug-likeness (QED) is 0.674. The molecule has 5 rings (SSSR count). The first kappa shape index (κ1) is 17.0. The molecular formula is C24H22N2O2. The summed E-state index contributed by atoms with van der Waals surface area (Å²) in [6, 6.07) is 14.3. The minimum atomic E-state index is 0.149. The number of nitrogens with zero attached hydrogens (tertiary/aromatic N) is 2. The maximum atomic E-state index is 12.8. The number of ketones is 1. The molecule has 0 radical (unpaired) electrons. The van der Waals surface area contributed by atoms with Crippen molar-refractivity contribution in [3.8, 4) is 17.0 Å². The molecule has 1 aliphatic carbocycles. The molecule has 2 heterocycles. The van der Waals surface area contributed by atoms with Crippen molar-refractivity contribution in [3.63, 3.8) is 0 Å². The number of hydrogen-bond donors (Lipinski definition) is 0. The average Bonchev–Trinajstić information content (AvgIpc) is 3.12. The van der Waals surface area contributed by atoms with Gasteiger partial charge in [0.1, 0.15) is 18.1 Å². The number of ether oxygens (including phenoxy) is 1. The third-order valence-electron chi connectivity index (χ3n) is 5.66. The first-order chi connectivity index (χ1) is 13.7. The van der Waals surface area contributed by atoms with E-state index in [2.05, 4.69) is 29.9 Å². The Morgan fingerprint density at radius 2 is 1.89 bits per heavy atom. The summed E-state index contributed by atoms with van der Waals surface area (Å²) >= 11 is 0. The highest BCUT2D eigenvalue weighted by atomic mass is 16.5. The number of fused-ring (bicyclic) bond motifs is 4. The van der Waals surface area contributed by atoms with Crippen LogP contribution in [0.4, 0.5) is 0 Å². The predicted molar refractivity (Wildman–Crippen MR) is 109 cm³/mol. The summed E-state index contributed by atoms with van der Waals surface area (Å²) in [6.45, 7) is 4.24. The summed E-state index contributed by atoms with van der Waals surface area (Å²) in [5, 5.41) is 4.45. The van der Waals surface area contributed by atoms with Crippen molar-refractivity contribution in [3.05, 3.63) is 77.5 Å². The Kier molecular flexibility index (Phi) is 4.12. The second kappa shape index (κ2) is 6.79. The minimum Gasteiger partial charge on any atom is -0.457 e. The van der Waals surface area contributed by atoms with E-state index >= 15 is 0 Å². The standard InChI is InChI=1S/C24H22N2O2/c1-16-22-14-25-26(24(22)21-8-4-5-9-23(21)28-16)15-20(27)13-17-10-11-18-6-2-3-7-19(18)12-17/h4-5,8-12,14H,1-3,6-7,13,15H2. The summed E-state index contributed by atoms with van der Waals surface area (Å²) in [5.41, 5.74) is 6.66. The average molecular weight is 370 g/mol. The normalized spacial score (nSPS) is 14.6. The topological polar surface area (TPSA) is 44.1 Å². The molecule has 140 valence electrons. The van der Waals surface area contributed by atoms with Gasteiger partial charge in [-0.2, -0.15) is 5.10 Å². The Morgan fingerprint density at radius 1 is 1.07 bits per heavy atom. The van der Waals surface area contributed by atoms with Crippen LogP contribution in [0.25, 0.3) is 17.0 Å². The maximum absolute atomic E-state index is 12.8. The molecule has 0 bridgehead atoms. The lowest BCUT2D eigenvalue weighted by Gasteiger charge is -2.20. The zero-order valence-electron chi connectivity index (χ0n) is 15.8. The molecule has 1 aliphatic heterocycles. The number of carbonyl (C=O) groups is 1. The SMILES string of the molecule is C=C1Oc2ccccc2-c2c1cnn2CC(=O)Cc1ccc2c(c1)CCCC2. The number of hydrogen-bond acceptors (Lipinski definition) is 3. The highest BCUT2D eigenvalue weighted by Crippen LogP contribution is 2.41. The fourth-order valence-electron chi connectivity index (χ4n) is 4.28. The van der Waals surface area contributed by atoms with Gasteiger partial charge in [-0.25, -0.2) is 0 Å². The van der Waals surface area contributed by atoms with Crippen LogP contribution in [0.2, 0.25) is 0 Å². The molecule has 0 N–H and O–H groups in total. The van der Waals surface area contributed by atoms with E-state index in [-0.39, 0.29) is 12.3 Å². The number of Topliss-reactive ketones (excluding diaryl/α,β-unsaturated/α-hetero) is 1. The van der Waals surface area contributed by atoms with Gasteiger partial charge in [-0.05, 0) is 54.5 Å². The molecule has 1 aromatic heterocycles. The molecule has 0 atom stereocenters. The number of carbonyl (C=O) groups excluding carboxylic acids is 1. The van der Waals surface area contributed by atoms with Crippen LogP contribution in [0.15, 0.2) is 55.2 Å². The predicted octanol–water partition coefficient (Wildman–Crippen LogP) is 4.60. The van der Waals surface area contributed by atoms with Gasteiger partial charge in [-0.15, -0.1) is 0 Å². The Balaban J connectivity index is 1.39. The number of benzene rings is 2. The fourth-order valence-corrected chi connectivity index (χ4v) is 4.28. The van der Waals surface area contributed by atoms with Gasteiger partial charge in [-0.3, -0.25) is 9.48 Å². The van der Waals surface area contributed by atoms with E-state index < -0.39 is 0 Å². The lowest BCUT2D eigenvalue weighted by molar-refractivity contribution is -0.119. The van der Waals surface area contributed by atoms with Gasteiger partial charge in [0.05, 0.1) is 17.5 Å². The molecule has 3 aromatic rings. The van der Waals surface area contributed by atoms with Gasteiger partial charge in [0.2, 0.25) is 0 Å². The number of aryl methyl sites for hydroxylation is 2. The zero-order chi connectivity index (χ0) is 19.1. The minimum absolute atomic E-state index is 0.149. The zero-order valence-corrected chi connectivity index (χ0v) is 15.8. The van der Waals surface area contributed by atoms with E-state index in [1.54, 1.807) is 10.9 Å². The molecule has 0 saturated carbocycles. The summed E-state index contributed by atoms with van der Waals surface area (Å²) in [5.74, 6) is 1.47. The van der Waals surface area contributed by atoms with Gasteiger partial charge >= 0.3 is 0 Å². The van der Waals surface area contributed by atoms with Crippen LogP contribution in [0, 0.1) is 0 Å². The van der Waals surface area contributed by atoms with Crippen molar-refractivity contribution in [1.29, 1.82) is 0 Å². The van der Waals surface area contributed by atoms with Gasteiger partial charge in [-0.1, -0.05) is 36.9 Å². The van der Waals surface area contributed by atoms with Crippen molar-refractivity contribution in [1.82, 2.24) is 9.78 Å². The van der Waals surface area contributed by atoms with Crippen LogP contribution >= 0.6 is 0 Å². The summed E-state index contributed by atoms with van der Waals surface area (Å²) in [7, 11) is 0. The molecule has 0 saturated heterocycles. The Morgan fingerprint density at radius 3 is 2.79 bits per heavy atom. The van der Waals surface area contributed by atoms with E-state index in [0.717, 1.165) is 41.0 Å². The van der Waals surface area contributed by atoms with E-state index in [4.69, 9.17) is 4.74 Å². The van der Waals surface area contributed by atoms with Crippen LogP contribution < -0.4 is 4.74 Å². The molecule has 2 aromatic carbocycles. The smallest absolute Gasteiger partial charge is 0.158 e. The molecule has 0 amide bonds. The van der Waals surface area contributed by atoms with Crippen LogP contribution in [0.3, 0.4) is 0 Å². The third-order valence-corrected chi connectivity index (χ3v) is 5.66. The summed E-state index contributed by atoms with van der Waals surface area (Å²) in [6.07, 6.45) is 6.97. The summed E-state index contributed by atoms with van der Waals surface area (Å²) < 4.78 is 7.57. The van der Waals surface area contributed by atoms with Crippen molar-refractivity contribution in [2.45, 2.75) is 38.6 Å². The van der Waals surface area contributed by atoms with Crippen LogP contribution in [-0.2, 0) is 30.6 Å².